The van der Waals surface area contributed by atoms with Crippen LogP contribution in [0, 0.1) is 5.92 Å². The fourth-order valence-electron chi connectivity index (χ4n) is 2.39. The van der Waals surface area contributed by atoms with Gasteiger partial charge in [-0.05, 0) is 24.5 Å². The molecule has 1 aliphatic carbocycles. The van der Waals surface area contributed by atoms with Crippen molar-refractivity contribution in [1.29, 1.82) is 0 Å². The normalized spacial score (nSPS) is 16.8. The number of halogens is 1. The Kier molecular flexibility index (Phi) is 4.42. The van der Waals surface area contributed by atoms with Crippen LogP contribution in [0.4, 0.5) is 0 Å². The van der Waals surface area contributed by atoms with E-state index in [-0.39, 0.29) is 0 Å². The zero-order chi connectivity index (χ0) is 11.4. The van der Waals surface area contributed by atoms with E-state index in [1.54, 1.807) is 0 Å². The zero-order valence-corrected chi connectivity index (χ0v) is 10.9. The van der Waals surface area contributed by atoms with Crippen LogP contribution >= 0.6 is 22.9 Å². The van der Waals surface area contributed by atoms with E-state index in [1.807, 2.05) is 12.1 Å². The Morgan fingerprint density at radius 1 is 1.38 bits per heavy atom. The molecule has 0 saturated heterocycles. The van der Waals surface area contributed by atoms with Crippen LogP contribution in [-0.4, -0.2) is 5.78 Å². The highest BCUT2D eigenvalue weighted by Crippen LogP contribution is 2.29. The highest BCUT2D eigenvalue weighted by Gasteiger charge is 2.16. The number of ketones is 1. The van der Waals surface area contributed by atoms with E-state index in [0.29, 0.717) is 12.2 Å². The maximum absolute atomic E-state index is 11.7. The molecule has 0 N–H and O–H groups in total. The van der Waals surface area contributed by atoms with Gasteiger partial charge in [0.2, 0.25) is 0 Å². The maximum Gasteiger partial charge on any atom is 0.138 e. The van der Waals surface area contributed by atoms with Crippen molar-refractivity contribution < 1.29 is 4.79 Å². The predicted molar refractivity (Wildman–Crippen MR) is 69.2 cm³/mol. The van der Waals surface area contributed by atoms with E-state index < -0.39 is 0 Å². The Morgan fingerprint density at radius 2 is 2.12 bits per heavy atom. The lowest BCUT2D eigenvalue weighted by atomic mass is 9.99. The predicted octanol–water partition coefficient (Wildman–Crippen LogP) is 4.48. The molecule has 2 rings (SSSR count). The first-order valence-electron chi connectivity index (χ1n) is 6.00. The number of hydrogen-bond acceptors (Lipinski definition) is 2. The van der Waals surface area contributed by atoms with Crippen molar-refractivity contribution in [1.82, 2.24) is 0 Å². The minimum Gasteiger partial charge on any atom is -0.299 e. The summed E-state index contributed by atoms with van der Waals surface area (Å²) in [6, 6.07) is 3.83. The Labute approximate surface area is 106 Å². The molecule has 0 amide bonds. The molecular weight excluding hydrogens is 240 g/mol. The second-order valence-electron chi connectivity index (χ2n) is 4.61. The third-order valence-corrected chi connectivity index (χ3v) is 4.54. The van der Waals surface area contributed by atoms with Gasteiger partial charge in [-0.25, -0.2) is 0 Å². The number of carbonyl (C=O) groups is 1. The second-order valence-corrected chi connectivity index (χ2v) is 6.41. The summed E-state index contributed by atoms with van der Waals surface area (Å²) in [6.45, 7) is 0. The fourth-order valence-corrected chi connectivity index (χ4v) is 3.51. The number of rotatable bonds is 5. The van der Waals surface area contributed by atoms with E-state index in [1.165, 1.54) is 37.0 Å². The quantitative estimate of drug-likeness (QED) is 0.759. The molecule has 1 saturated carbocycles. The molecule has 0 aromatic carbocycles. The summed E-state index contributed by atoms with van der Waals surface area (Å²) < 4.78 is 0.776. The van der Waals surface area contributed by atoms with Crippen molar-refractivity contribution in [2.45, 2.75) is 44.9 Å². The van der Waals surface area contributed by atoms with Gasteiger partial charge in [0.05, 0.1) is 4.34 Å². The molecule has 1 nitrogen and oxygen atoms in total. The summed E-state index contributed by atoms with van der Waals surface area (Å²) in [5.74, 6) is 1.18. The van der Waals surface area contributed by atoms with Gasteiger partial charge in [0.15, 0.2) is 0 Å². The molecule has 1 aliphatic rings. The molecule has 0 bridgehead atoms. The van der Waals surface area contributed by atoms with Gasteiger partial charge in [-0.3, -0.25) is 4.79 Å². The van der Waals surface area contributed by atoms with Crippen molar-refractivity contribution in [2.24, 2.45) is 5.92 Å². The third kappa shape index (κ3) is 3.60. The second kappa shape index (κ2) is 5.83. The van der Waals surface area contributed by atoms with E-state index in [4.69, 9.17) is 11.6 Å². The third-order valence-electron chi connectivity index (χ3n) is 3.31. The summed E-state index contributed by atoms with van der Waals surface area (Å²) in [5, 5.41) is 0. The summed E-state index contributed by atoms with van der Waals surface area (Å²) in [7, 11) is 0. The van der Waals surface area contributed by atoms with Gasteiger partial charge in [-0.2, -0.15) is 0 Å². The van der Waals surface area contributed by atoms with Crippen LogP contribution in [0.2, 0.25) is 4.34 Å². The largest absolute Gasteiger partial charge is 0.299 e. The minimum absolute atomic E-state index is 0.366. The lowest BCUT2D eigenvalue weighted by molar-refractivity contribution is -0.118. The van der Waals surface area contributed by atoms with Crippen LogP contribution in [0.15, 0.2) is 12.1 Å². The van der Waals surface area contributed by atoms with Gasteiger partial charge in [0.1, 0.15) is 5.78 Å². The van der Waals surface area contributed by atoms with Crippen LogP contribution in [0.1, 0.15) is 43.4 Å². The Hall–Kier alpha value is -0.340. The van der Waals surface area contributed by atoms with E-state index in [9.17, 15) is 4.79 Å². The number of Topliss-reactive ketones (excluding diaryl/α,β-unsaturated/α-hetero) is 1. The molecule has 1 aromatic heterocycles. The first-order chi connectivity index (χ1) is 7.74. The lowest BCUT2D eigenvalue weighted by Gasteiger charge is -2.06. The minimum atomic E-state index is 0.366. The van der Waals surface area contributed by atoms with Crippen LogP contribution in [-0.2, 0) is 11.2 Å². The number of carbonyl (C=O) groups excluding carboxylic acids is 1. The average Bonchev–Trinajstić information content (AvgIpc) is 2.87. The molecule has 0 radical (unpaired) electrons. The van der Waals surface area contributed by atoms with Gasteiger partial charge in [-0.1, -0.05) is 37.3 Å². The average molecular weight is 257 g/mol. The van der Waals surface area contributed by atoms with Crippen molar-refractivity contribution >= 4 is 28.7 Å². The lowest BCUT2D eigenvalue weighted by Crippen LogP contribution is -2.04. The molecule has 1 fully saturated rings. The standard InChI is InChI=1S/C13H17ClOS/c14-13-8-7-12(16-13)9-11(15)6-5-10-3-1-2-4-10/h7-8,10H,1-6,9H2. The molecule has 1 aromatic rings. The molecule has 0 spiro atoms. The van der Waals surface area contributed by atoms with Crippen LogP contribution in [0.25, 0.3) is 0 Å². The van der Waals surface area contributed by atoms with Gasteiger partial charge in [0.25, 0.3) is 0 Å². The molecule has 16 heavy (non-hydrogen) atoms. The SMILES string of the molecule is O=C(CCC1CCCC1)Cc1ccc(Cl)s1. The molecule has 1 heterocycles. The first kappa shape index (κ1) is 12.1. The molecule has 0 unspecified atom stereocenters. The zero-order valence-electron chi connectivity index (χ0n) is 9.38. The number of thiophene rings is 1. The highest BCUT2D eigenvalue weighted by molar-refractivity contribution is 7.16. The van der Waals surface area contributed by atoms with Crippen molar-refractivity contribution in [3.8, 4) is 0 Å². The summed E-state index contributed by atoms with van der Waals surface area (Å²) in [5.41, 5.74) is 0. The number of hydrogen-bond donors (Lipinski definition) is 0. The van der Waals surface area contributed by atoms with Crippen molar-refractivity contribution in [3.63, 3.8) is 0 Å². The van der Waals surface area contributed by atoms with Crippen LogP contribution in [0.5, 0.6) is 0 Å². The van der Waals surface area contributed by atoms with Gasteiger partial charge < -0.3 is 0 Å². The smallest absolute Gasteiger partial charge is 0.138 e. The van der Waals surface area contributed by atoms with Gasteiger partial charge in [-0.15, -0.1) is 11.3 Å². The maximum atomic E-state index is 11.7. The van der Waals surface area contributed by atoms with Gasteiger partial charge in [0, 0.05) is 17.7 Å². The summed E-state index contributed by atoms with van der Waals surface area (Å²) in [6.07, 6.45) is 7.80. The van der Waals surface area contributed by atoms with Crippen molar-refractivity contribution in [3.05, 3.63) is 21.3 Å². The van der Waals surface area contributed by atoms with Gasteiger partial charge >= 0.3 is 0 Å². The molecular formula is C13H17ClOS. The van der Waals surface area contributed by atoms with Crippen LogP contribution < -0.4 is 0 Å². The Bertz CT molecular complexity index is 353. The van der Waals surface area contributed by atoms with Crippen LogP contribution in [0.3, 0.4) is 0 Å². The molecule has 88 valence electrons. The topological polar surface area (TPSA) is 17.1 Å². The summed E-state index contributed by atoms with van der Waals surface area (Å²) in [4.78, 5) is 12.8. The highest BCUT2D eigenvalue weighted by atomic mass is 35.5. The Morgan fingerprint density at radius 3 is 2.75 bits per heavy atom. The van der Waals surface area contributed by atoms with Crippen molar-refractivity contribution in [2.75, 3.05) is 0 Å². The first-order valence-corrected chi connectivity index (χ1v) is 7.19. The molecule has 0 atom stereocenters. The molecule has 3 heteroatoms. The fraction of sp³-hybridized carbons (Fsp3) is 0.615. The van der Waals surface area contributed by atoms with E-state index >= 15 is 0 Å². The monoisotopic (exact) mass is 256 g/mol. The molecule has 0 aliphatic heterocycles. The summed E-state index contributed by atoms with van der Waals surface area (Å²) >= 11 is 7.35. The van der Waals surface area contributed by atoms with E-state index in [0.717, 1.165) is 28.0 Å². The van der Waals surface area contributed by atoms with E-state index in [2.05, 4.69) is 0 Å². The Balaban J connectivity index is 1.71.